The van der Waals surface area contributed by atoms with Gasteiger partial charge in [0.2, 0.25) is 0 Å². The van der Waals surface area contributed by atoms with E-state index < -0.39 is 0 Å². The van der Waals surface area contributed by atoms with Gasteiger partial charge in [-0.15, -0.1) is 0 Å². The van der Waals surface area contributed by atoms with E-state index in [1.165, 1.54) is 5.56 Å². The molecule has 1 aliphatic carbocycles. The molecule has 1 aliphatic rings. The Morgan fingerprint density at radius 2 is 1.86 bits per heavy atom. The predicted octanol–water partition coefficient (Wildman–Crippen LogP) is 2.47. The Morgan fingerprint density at radius 1 is 1.14 bits per heavy atom. The minimum atomic E-state index is -0.0597. The summed E-state index contributed by atoms with van der Waals surface area (Å²) < 4.78 is 0. The molecule has 4 heteroatoms. The maximum atomic E-state index is 11.8. The Hall–Kier alpha value is -1.55. The zero-order chi connectivity index (χ0) is 14.9. The van der Waals surface area contributed by atoms with Crippen molar-refractivity contribution < 1.29 is 9.90 Å². The Kier molecular flexibility index (Phi) is 6.54. The number of aliphatic hydroxyl groups is 1. The van der Waals surface area contributed by atoms with Gasteiger partial charge in [0.25, 0.3) is 0 Å². The van der Waals surface area contributed by atoms with E-state index in [9.17, 15) is 4.79 Å². The highest BCUT2D eigenvalue weighted by Gasteiger charge is 2.21. The van der Waals surface area contributed by atoms with Crippen LogP contribution in [-0.4, -0.2) is 30.3 Å². The number of urea groups is 1. The Balaban J connectivity index is 1.56. The number of hydrogen-bond donors (Lipinski definition) is 3. The number of aryl methyl sites for hydroxylation is 1. The van der Waals surface area contributed by atoms with Gasteiger partial charge in [-0.05, 0) is 50.0 Å². The fourth-order valence-corrected chi connectivity index (χ4v) is 2.86. The van der Waals surface area contributed by atoms with Crippen LogP contribution in [-0.2, 0) is 6.42 Å². The summed E-state index contributed by atoms with van der Waals surface area (Å²) in [5.41, 5.74) is 1.31. The summed E-state index contributed by atoms with van der Waals surface area (Å²) in [6.07, 6.45) is 5.91. The predicted molar refractivity (Wildman–Crippen MR) is 84.1 cm³/mol. The third-order valence-corrected chi connectivity index (χ3v) is 4.21. The molecule has 1 aromatic carbocycles. The second-order valence-electron chi connectivity index (χ2n) is 5.89. The van der Waals surface area contributed by atoms with Gasteiger partial charge in [0.15, 0.2) is 0 Å². The van der Waals surface area contributed by atoms with E-state index in [1.54, 1.807) is 0 Å². The average Bonchev–Trinajstić information content (AvgIpc) is 2.53. The summed E-state index contributed by atoms with van der Waals surface area (Å²) in [6, 6.07) is 10.5. The molecule has 21 heavy (non-hydrogen) atoms. The largest absolute Gasteiger partial charge is 0.396 e. The quantitative estimate of drug-likeness (QED) is 0.705. The minimum Gasteiger partial charge on any atom is -0.396 e. The fraction of sp³-hybridized carbons (Fsp3) is 0.588. The maximum absolute atomic E-state index is 11.8. The Bertz CT molecular complexity index is 414. The zero-order valence-corrected chi connectivity index (χ0v) is 12.6. The topological polar surface area (TPSA) is 61.4 Å². The van der Waals surface area contributed by atoms with Crippen LogP contribution < -0.4 is 10.6 Å². The van der Waals surface area contributed by atoms with Crippen molar-refractivity contribution in [2.45, 2.75) is 44.6 Å². The van der Waals surface area contributed by atoms with Crippen molar-refractivity contribution in [3.63, 3.8) is 0 Å². The first-order chi connectivity index (χ1) is 10.3. The average molecular weight is 290 g/mol. The van der Waals surface area contributed by atoms with Gasteiger partial charge in [-0.2, -0.15) is 0 Å². The van der Waals surface area contributed by atoms with Crippen LogP contribution in [0.15, 0.2) is 30.3 Å². The monoisotopic (exact) mass is 290 g/mol. The van der Waals surface area contributed by atoms with Crippen LogP contribution in [0.5, 0.6) is 0 Å². The molecule has 2 rings (SSSR count). The van der Waals surface area contributed by atoms with Crippen LogP contribution in [0, 0.1) is 5.92 Å². The van der Waals surface area contributed by atoms with E-state index >= 15 is 0 Å². The lowest BCUT2D eigenvalue weighted by molar-refractivity contribution is 0.174. The summed E-state index contributed by atoms with van der Waals surface area (Å²) in [5.74, 6) is 0.428. The van der Waals surface area contributed by atoms with E-state index in [4.69, 9.17) is 5.11 Å². The van der Waals surface area contributed by atoms with Gasteiger partial charge in [0, 0.05) is 19.2 Å². The summed E-state index contributed by atoms with van der Waals surface area (Å²) >= 11 is 0. The number of carbonyl (C=O) groups excluding carboxylic acids is 1. The standard InChI is InChI=1S/C17H26N2O2/c20-13-15-8-10-16(11-9-15)19-17(21)18-12-4-7-14-5-2-1-3-6-14/h1-3,5-6,15-16,20H,4,7-13H2,(H2,18,19,21). The van der Waals surface area contributed by atoms with Gasteiger partial charge >= 0.3 is 6.03 Å². The lowest BCUT2D eigenvalue weighted by Crippen LogP contribution is -2.44. The van der Waals surface area contributed by atoms with Crippen LogP contribution >= 0.6 is 0 Å². The molecule has 1 fully saturated rings. The summed E-state index contributed by atoms with van der Waals surface area (Å²) in [7, 11) is 0. The van der Waals surface area contributed by atoms with Crippen molar-refractivity contribution >= 4 is 6.03 Å². The molecule has 0 spiro atoms. The second kappa shape index (κ2) is 8.67. The fourth-order valence-electron chi connectivity index (χ4n) is 2.86. The van der Waals surface area contributed by atoms with E-state index in [0.29, 0.717) is 12.5 Å². The van der Waals surface area contributed by atoms with Gasteiger partial charge < -0.3 is 15.7 Å². The Labute approximate surface area is 126 Å². The number of aliphatic hydroxyl groups excluding tert-OH is 1. The van der Waals surface area contributed by atoms with E-state index in [2.05, 4.69) is 22.8 Å². The van der Waals surface area contributed by atoms with Crippen molar-refractivity contribution in [2.24, 2.45) is 5.92 Å². The summed E-state index contributed by atoms with van der Waals surface area (Å²) in [5, 5.41) is 15.1. The van der Waals surface area contributed by atoms with Crippen molar-refractivity contribution in [3.05, 3.63) is 35.9 Å². The molecule has 4 nitrogen and oxygen atoms in total. The van der Waals surface area contributed by atoms with Crippen molar-refractivity contribution in [2.75, 3.05) is 13.2 Å². The number of rotatable bonds is 6. The molecular formula is C17H26N2O2. The molecule has 116 valence electrons. The molecule has 0 atom stereocenters. The van der Waals surface area contributed by atoms with E-state index in [1.807, 2.05) is 18.2 Å². The second-order valence-corrected chi connectivity index (χ2v) is 5.89. The van der Waals surface area contributed by atoms with Crippen LogP contribution in [0.1, 0.15) is 37.7 Å². The first kappa shape index (κ1) is 15.8. The number of carbonyl (C=O) groups is 1. The van der Waals surface area contributed by atoms with E-state index in [-0.39, 0.29) is 18.7 Å². The molecule has 0 aromatic heterocycles. The van der Waals surface area contributed by atoms with Crippen LogP contribution in [0.2, 0.25) is 0 Å². The first-order valence-corrected chi connectivity index (χ1v) is 7.97. The molecule has 0 saturated heterocycles. The summed E-state index contributed by atoms with van der Waals surface area (Å²) in [4.78, 5) is 11.8. The lowest BCUT2D eigenvalue weighted by atomic mass is 9.87. The van der Waals surface area contributed by atoms with Gasteiger partial charge in [-0.1, -0.05) is 30.3 Å². The van der Waals surface area contributed by atoms with Crippen LogP contribution in [0.4, 0.5) is 4.79 Å². The SMILES string of the molecule is O=C(NCCCc1ccccc1)NC1CCC(CO)CC1. The zero-order valence-electron chi connectivity index (χ0n) is 12.6. The molecule has 0 radical (unpaired) electrons. The summed E-state index contributed by atoms with van der Waals surface area (Å²) in [6.45, 7) is 0.977. The minimum absolute atomic E-state index is 0.0597. The number of amides is 2. The highest BCUT2D eigenvalue weighted by atomic mass is 16.3. The van der Waals surface area contributed by atoms with Crippen molar-refractivity contribution in [1.82, 2.24) is 10.6 Å². The number of nitrogens with one attached hydrogen (secondary N) is 2. The maximum Gasteiger partial charge on any atom is 0.315 e. The number of benzene rings is 1. The molecule has 1 aromatic rings. The molecule has 2 amide bonds. The van der Waals surface area contributed by atoms with E-state index in [0.717, 1.165) is 38.5 Å². The molecule has 1 saturated carbocycles. The van der Waals surface area contributed by atoms with Gasteiger partial charge in [0.1, 0.15) is 0 Å². The van der Waals surface area contributed by atoms with Crippen LogP contribution in [0.25, 0.3) is 0 Å². The highest BCUT2D eigenvalue weighted by molar-refractivity contribution is 5.74. The van der Waals surface area contributed by atoms with Crippen molar-refractivity contribution in [3.8, 4) is 0 Å². The Morgan fingerprint density at radius 3 is 2.52 bits per heavy atom. The van der Waals surface area contributed by atoms with Crippen molar-refractivity contribution in [1.29, 1.82) is 0 Å². The highest BCUT2D eigenvalue weighted by Crippen LogP contribution is 2.23. The molecular weight excluding hydrogens is 264 g/mol. The van der Waals surface area contributed by atoms with Gasteiger partial charge in [-0.3, -0.25) is 0 Å². The van der Waals surface area contributed by atoms with Gasteiger partial charge in [-0.25, -0.2) is 4.79 Å². The molecule has 3 N–H and O–H groups in total. The normalized spacial score (nSPS) is 21.8. The molecule has 0 bridgehead atoms. The third-order valence-electron chi connectivity index (χ3n) is 4.21. The van der Waals surface area contributed by atoms with Crippen LogP contribution in [0.3, 0.4) is 0 Å². The molecule has 0 heterocycles. The van der Waals surface area contributed by atoms with Gasteiger partial charge in [0.05, 0.1) is 0 Å². The first-order valence-electron chi connectivity index (χ1n) is 7.97. The molecule has 0 aliphatic heterocycles. The third kappa shape index (κ3) is 5.76. The number of hydrogen-bond acceptors (Lipinski definition) is 2. The smallest absolute Gasteiger partial charge is 0.315 e. The molecule has 0 unspecified atom stereocenters. The lowest BCUT2D eigenvalue weighted by Gasteiger charge is -2.27.